The van der Waals surface area contributed by atoms with Gasteiger partial charge in [0.1, 0.15) is 6.29 Å². The number of hydrogen-bond acceptors (Lipinski definition) is 3. The van der Waals surface area contributed by atoms with Crippen LogP contribution in [0.15, 0.2) is 0 Å². The first-order chi connectivity index (χ1) is 5.16. The largest absolute Gasteiger partial charge is 0.302 e. The summed E-state index contributed by atoms with van der Waals surface area (Å²) in [4.78, 5) is 14.9. The summed E-state index contributed by atoms with van der Waals surface area (Å²) < 4.78 is 0. The predicted molar refractivity (Wildman–Crippen MR) is 44.3 cm³/mol. The average Bonchev–Trinajstić information content (AvgIpc) is 2.01. The van der Waals surface area contributed by atoms with E-state index in [0.29, 0.717) is 6.17 Å². The van der Waals surface area contributed by atoms with Crippen molar-refractivity contribution in [1.29, 1.82) is 0 Å². The lowest BCUT2D eigenvalue weighted by molar-refractivity contribution is -0.116. The molecule has 1 fully saturated rings. The van der Waals surface area contributed by atoms with Gasteiger partial charge in [0.15, 0.2) is 0 Å². The quantitative estimate of drug-likeness (QED) is 0.505. The molecule has 0 bridgehead atoms. The van der Waals surface area contributed by atoms with Crippen LogP contribution in [-0.4, -0.2) is 48.9 Å². The number of hydrogen-bond donors (Lipinski definition) is 0. The molecule has 64 valence electrons. The van der Waals surface area contributed by atoms with Crippen LogP contribution in [0.2, 0.25) is 0 Å². The van der Waals surface area contributed by atoms with Crippen LogP contribution in [0.25, 0.3) is 0 Å². The van der Waals surface area contributed by atoms with E-state index in [1.165, 1.54) is 0 Å². The second kappa shape index (κ2) is 3.32. The SMILES string of the molecule is CC1N(C)CCC(C=O)N1C. The third kappa shape index (κ3) is 1.60. The molecule has 11 heavy (non-hydrogen) atoms. The Bertz CT molecular complexity index is 149. The van der Waals surface area contributed by atoms with Gasteiger partial charge in [-0.15, -0.1) is 0 Å². The first-order valence-corrected chi connectivity index (χ1v) is 4.04. The maximum atomic E-state index is 10.6. The highest BCUT2D eigenvalue weighted by molar-refractivity contribution is 5.57. The molecule has 0 N–H and O–H groups in total. The second-order valence-corrected chi connectivity index (χ2v) is 3.27. The standard InChI is InChI=1S/C8H16N2O/c1-7-9(2)5-4-8(6-11)10(7)3/h6-8H,4-5H2,1-3H3. The molecule has 3 heteroatoms. The Morgan fingerprint density at radius 1 is 1.45 bits per heavy atom. The van der Waals surface area contributed by atoms with Crippen molar-refractivity contribution in [2.75, 3.05) is 20.6 Å². The summed E-state index contributed by atoms with van der Waals surface area (Å²) in [5.41, 5.74) is 0. The molecule has 0 spiro atoms. The summed E-state index contributed by atoms with van der Waals surface area (Å²) in [7, 11) is 4.08. The van der Waals surface area contributed by atoms with Crippen LogP contribution in [0.5, 0.6) is 0 Å². The highest BCUT2D eigenvalue weighted by atomic mass is 16.1. The molecular formula is C8H16N2O. The van der Waals surface area contributed by atoms with Crippen LogP contribution in [-0.2, 0) is 4.79 Å². The maximum absolute atomic E-state index is 10.6. The highest BCUT2D eigenvalue weighted by Gasteiger charge is 2.27. The number of rotatable bonds is 1. The van der Waals surface area contributed by atoms with Gasteiger partial charge in [0.25, 0.3) is 0 Å². The van der Waals surface area contributed by atoms with E-state index in [1.54, 1.807) is 0 Å². The molecule has 0 aromatic heterocycles. The topological polar surface area (TPSA) is 23.6 Å². The van der Waals surface area contributed by atoms with Gasteiger partial charge in [0.2, 0.25) is 0 Å². The molecule has 3 nitrogen and oxygen atoms in total. The van der Waals surface area contributed by atoms with E-state index in [2.05, 4.69) is 23.8 Å². The van der Waals surface area contributed by atoms with Crippen LogP contribution < -0.4 is 0 Å². The van der Waals surface area contributed by atoms with E-state index in [-0.39, 0.29) is 6.04 Å². The Kier molecular flexibility index (Phi) is 2.62. The summed E-state index contributed by atoms with van der Waals surface area (Å²) in [6.07, 6.45) is 2.39. The van der Waals surface area contributed by atoms with Crippen LogP contribution in [0.4, 0.5) is 0 Å². The fraction of sp³-hybridized carbons (Fsp3) is 0.875. The van der Waals surface area contributed by atoms with Gasteiger partial charge in [-0.2, -0.15) is 0 Å². The fourth-order valence-corrected chi connectivity index (χ4v) is 1.48. The summed E-state index contributed by atoms with van der Waals surface area (Å²) in [5, 5.41) is 0. The second-order valence-electron chi connectivity index (χ2n) is 3.27. The third-order valence-electron chi connectivity index (χ3n) is 2.69. The van der Waals surface area contributed by atoms with Gasteiger partial charge in [0.05, 0.1) is 12.2 Å². The normalized spacial score (nSPS) is 35.5. The number of carbonyl (C=O) groups excluding carboxylic acids is 1. The molecule has 0 radical (unpaired) electrons. The zero-order valence-corrected chi connectivity index (χ0v) is 7.45. The Hall–Kier alpha value is -0.410. The lowest BCUT2D eigenvalue weighted by atomic mass is 10.1. The first kappa shape index (κ1) is 8.68. The Labute approximate surface area is 68.0 Å². The molecule has 0 aromatic carbocycles. The van der Waals surface area contributed by atoms with Crippen molar-refractivity contribution in [1.82, 2.24) is 9.80 Å². The van der Waals surface area contributed by atoms with E-state index >= 15 is 0 Å². The van der Waals surface area contributed by atoms with Crippen LogP contribution in [0.1, 0.15) is 13.3 Å². The zero-order valence-electron chi connectivity index (χ0n) is 7.45. The Balaban J connectivity index is 2.58. The Morgan fingerprint density at radius 2 is 2.09 bits per heavy atom. The molecule has 0 amide bonds. The maximum Gasteiger partial charge on any atom is 0.137 e. The van der Waals surface area contributed by atoms with Crippen LogP contribution in [0, 0.1) is 0 Å². The highest BCUT2D eigenvalue weighted by Crippen LogP contribution is 2.14. The molecule has 1 aliphatic rings. The third-order valence-corrected chi connectivity index (χ3v) is 2.69. The molecule has 0 saturated carbocycles. The summed E-state index contributed by atoms with van der Waals surface area (Å²) in [5.74, 6) is 0. The van der Waals surface area contributed by atoms with E-state index in [0.717, 1.165) is 19.3 Å². The minimum absolute atomic E-state index is 0.126. The van der Waals surface area contributed by atoms with E-state index in [9.17, 15) is 4.79 Å². The van der Waals surface area contributed by atoms with Crippen molar-refractivity contribution < 1.29 is 4.79 Å². The monoisotopic (exact) mass is 156 g/mol. The van der Waals surface area contributed by atoms with Crippen molar-refractivity contribution in [2.45, 2.75) is 25.6 Å². The van der Waals surface area contributed by atoms with Gasteiger partial charge in [0, 0.05) is 6.54 Å². The zero-order chi connectivity index (χ0) is 8.43. The van der Waals surface area contributed by atoms with Crippen molar-refractivity contribution in [3.05, 3.63) is 0 Å². The molecule has 1 rings (SSSR count). The molecular weight excluding hydrogens is 140 g/mol. The molecule has 1 saturated heterocycles. The van der Waals surface area contributed by atoms with Crippen molar-refractivity contribution in [3.8, 4) is 0 Å². The molecule has 2 atom stereocenters. The summed E-state index contributed by atoms with van der Waals surface area (Å²) >= 11 is 0. The minimum atomic E-state index is 0.126. The molecule has 0 aromatic rings. The van der Waals surface area contributed by atoms with E-state index < -0.39 is 0 Å². The fourth-order valence-electron chi connectivity index (χ4n) is 1.48. The van der Waals surface area contributed by atoms with Gasteiger partial charge >= 0.3 is 0 Å². The lowest BCUT2D eigenvalue weighted by Crippen LogP contribution is -2.54. The van der Waals surface area contributed by atoms with Gasteiger partial charge in [-0.05, 0) is 27.4 Å². The van der Waals surface area contributed by atoms with Crippen molar-refractivity contribution in [2.24, 2.45) is 0 Å². The minimum Gasteiger partial charge on any atom is -0.302 e. The van der Waals surface area contributed by atoms with Crippen molar-refractivity contribution in [3.63, 3.8) is 0 Å². The number of nitrogens with zero attached hydrogens (tertiary/aromatic N) is 2. The lowest BCUT2D eigenvalue weighted by Gasteiger charge is -2.41. The number of carbonyl (C=O) groups is 1. The number of aldehydes is 1. The van der Waals surface area contributed by atoms with Gasteiger partial charge < -0.3 is 4.79 Å². The number of likely N-dealkylation sites (N-methyl/N-ethyl adjacent to an activating group) is 1. The van der Waals surface area contributed by atoms with E-state index in [1.807, 2.05) is 7.05 Å². The smallest absolute Gasteiger partial charge is 0.137 e. The Morgan fingerprint density at radius 3 is 2.64 bits per heavy atom. The molecule has 1 heterocycles. The van der Waals surface area contributed by atoms with Gasteiger partial charge in [-0.25, -0.2) is 0 Å². The molecule has 1 aliphatic heterocycles. The first-order valence-electron chi connectivity index (χ1n) is 4.04. The van der Waals surface area contributed by atoms with Crippen LogP contribution >= 0.6 is 0 Å². The van der Waals surface area contributed by atoms with Gasteiger partial charge in [-0.1, -0.05) is 0 Å². The van der Waals surface area contributed by atoms with Gasteiger partial charge in [-0.3, -0.25) is 9.80 Å². The summed E-state index contributed by atoms with van der Waals surface area (Å²) in [6, 6.07) is 0.126. The predicted octanol–water partition coefficient (Wildman–Crippen LogP) is 0.167. The van der Waals surface area contributed by atoms with Crippen LogP contribution in [0.3, 0.4) is 0 Å². The average molecular weight is 156 g/mol. The van der Waals surface area contributed by atoms with Crippen molar-refractivity contribution >= 4 is 6.29 Å². The van der Waals surface area contributed by atoms with E-state index in [4.69, 9.17) is 0 Å². The molecule has 2 unspecified atom stereocenters. The molecule has 0 aliphatic carbocycles. The summed E-state index contributed by atoms with van der Waals surface area (Å²) in [6.45, 7) is 3.14.